The number of nitrogens with two attached hydrogens (primary N) is 1. The first-order valence-electron chi connectivity index (χ1n) is 8.61. The van der Waals surface area contributed by atoms with Crippen molar-refractivity contribution < 1.29 is 9.53 Å². The van der Waals surface area contributed by atoms with Crippen LogP contribution in [0.3, 0.4) is 0 Å². The molecule has 0 bridgehead atoms. The monoisotopic (exact) mass is 351 g/mol. The Morgan fingerprint density at radius 3 is 2.83 bits per heavy atom. The molecule has 0 aliphatic carbocycles. The van der Waals surface area contributed by atoms with Crippen molar-refractivity contribution in [3.63, 3.8) is 0 Å². The molecule has 2 rings (SSSR count). The van der Waals surface area contributed by atoms with Crippen molar-refractivity contribution in [2.45, 2.75) is 32.2 Å². The van der Waals surface area contributed by atoms with Gasteiger partial charge in [-0.05, 0) is 75.0 Å². The van der Waals surface area contributed by atoms with Crippen LogP contribution in [0.4, 0.5) is 5.69 Å². The Balaban J connectivity index is 1.81. The molecule has 134 valence electrons. The number of aryl methyl sites for hydroxylation is 1. The molecule has 1 amide bonds. The smallest absolute Gasteiger partial charge is 0.241 e. The lowest BCUT2D eigenvalue weighted by atomic mass is 10.1. The van der Waals surface area contributed by atoms with Crippen molar-refractivity contribution in [1.29, 1.82) is 0 Å². The standard InChI is InChI=1S/C18H29N3O2S/c1-14-13-15(20-18(22)16(19)7-12-24-2)5-6-17(14)23-11-10-21-8-3-4-9-21/h5-6,13,16H,3-4,7-12,19H2,1-2H3,(H,20,22)/t16-/m0/s1. The van der Waals surface area contributed by atoms with Crippen molar-refractivity contribution in [3.05, 3.63) is 23.8 Å². The normalized spacial score (nSPS) is 16.1. The average molecular weight is 352 g/mol. The largest absolute Gasteiger partial charge is 0.492 e. The van der Waals surface area contributed by atoms with E-state index in [-0.39, 0.29) is 5.91 Å². The Labute approximate surface area is 149 Å². The third kappa shape index (κ3) is 6.00. The zero-order chi connectivity index (χ0) is 17.4. The third-order valence-electron chi connectivity index (χ3n) is 4.28. The summed E-state index contributed by atoms with van der Waals surface area (Å²) in [5.74, 6) is 1.63. The minimum absolute atomic E-state index is 0.133. The SMILES string of the molecule is CSCC[C@H](N)C(=O)Nc1ccc(OCCN2CCCC2)c(C)c1. The van der Waals surface area contributed by atoms with Crippen molar-refractivity contribution in [3.8, 4) is 5.75 Å². The molecule has 3 N–H and O–H groups in total. The van der Waals surface area contributed by atoms with Crippen molar-refractivity contribution in [1.82, 2.24) is 4.90 Å². The number of rotatable bonds is 9. The van der Waals surface area contributed by atoms with Crippen LogP contribution in [0.2, 0.25) is 0 Å². The number of carbonyl (C=O) groups is 1. The Morgan fingerprint density at radius 2 is 2.17 bits per heavy atom. The topological polar surface area (TPSA) is 67.6 Å². The number of carbonyl (C=O) groups excluding carboxylic acids is 1. The van der Waals surface area contributed by atoms with Gasteiger partial charge in [-0.2, -0.15) is 11.8 Å². The highest BCUT2D eigenvalue weighted by Gasteiger charge is 2.14. The zero-order valence-corrected chi connectivity index (χ0v) is 15.5. The first-order chi connectivity index (χ1) is 11.6. The second kappa shape index (κ2) is 9.91. The van der Waals surface area contributed by atoms with Crippen LogP contribution in [-0.2, 0) is 4.79 Å². The summed E-state index contributed by atoms with van der Waals surface area (Å²) < 4.78 is 5.88. The van der Waals surface area contributed by atoms with Gasteiger partial charge in [0.1, 0.15) is 12.4 Å². The summed E-state index contributed by atoms with van der Waals surface area (Å²) in [7, 11) is 0. The number of nitrogens with one attached hydrogen (secondary N) is 1. The molecule has 1 aromatic rings. The number of nitrogens with zero attached hydrogens (tertiary/aromatic N) is 1. The summed E-state index contributed by atoms with van der Waals surface area (Å²) in [6.45, 7) is 6.04. The van der Waals surface area contributed by atoms with Crippen molar-refractivity contribution in [2.24, 2.45) is 5.73 Å². The molecule has 1 atom stereocenters. The van der Waals surface area contributed by atoms with Gasteiger partial charge in [-0.15, -0.1) is 0 Å². The first-order valence-corrected chi connectivity index (χ1v) is 10.0. The first kappa shape index (κ1) is 19.1. The van der Waals surface area contributed by atoms with Crippen LogP contribution in [0.15, 0.2) is 18.2 Å². The summed E-state index contributed by atoms with van der Waals surface area (Å²) in [5, 5.41) is 2.88. The molecule has 0 radical (unpaired) electrons. The van der Waals surface area contributed by atoms with Gasteiger partial charge in [0, 0.05) is 12.2 Å². The van der Waals surface area contributed by atoms with E-state index in [1.165, 1.54) is 25.9 Å². The lowest BCUT2D eigenvalue weighted by Gasteiger charge is -2.17. The van der Waals surface area contributed by atoms with E-state index in [4.69, 9.17) is 10.5 Å². The fourth-order valence-electron chi connectivity index (χ4n) is 2.79. The predicted molar refractivity (Wildman–Crippen MR) is 102 cm³/mol. The second-order valence-electron chi connectivity index (χ2n) is 6.25. The molecular formula is C18H29N3O2S. The molecule has 1 aliphatic rings. The number of benzene rings is 1. The van der Waals surface area contributed by atoms with Gasteiger partial charge in [-0.1, -0.05) is 0 Å². The van der Waals surface area contributed by atoms with Crippen LogP contribution >= 0.6 is 11.8 Å². The molecule has 1 fully saturated rings. The Hall–Kier alpha value is -1.24. The highest BCUT2D eigenvalue weighted by atomic mass is 32.2. The summed E-state index contributed by atoms with van der Waals surface area (Å²) in [6.07, 6.45) is 5.29. The van der Waals surface area contributed by atoms with Gasteiger partial charge in [0.2, 0.25) is 5.91 Å². The molecule has 0 unspecified atom stereocenters. The fraction of sp³-hybridized carbons (Fsp3) is 0.611. The Bertz CT molecular complexity index is 533. The van der Waals surface area contributed by atoms with Gasteiger partial charge in [0.25, 0.3) is 0 Å². The molecule has 0 saturated carbocycles. The van der Waals surface area contributed by atoms with Crippen LogP contribution in [0.1, 0.15) is 24.8 Å². The summed E-state index contributed by atoms with van der Waals surface area (Å²) in [6, 6.07) is 5.26. The quantitative estimate of drug-likeness (QED) is 0.715. The van der Waals surface area contributed by atoms with Crippen molar-refractivity contribution >= 4 is 23.4 Å². The minimum Gasteiger partial charge on any atom is -0.492 e. The van der Waals surface area contributed by atoms with E-state index in [0.29, 0.717) is 13.0 Å². The van der Waals surface area contributed by atoms with E-state index in [1.807, 2.05) is 31.4 Å². The van der Waals surface area contributed by atoms with Crippen LogP contribution in [0.5, 0.6) is 5.75 Å². The number of likely N-dealkylation sites (tertiary alicyclic amines) is 1. The maximum Gasteiger partial charge on any atom is 0.241 e. The number of hydrogen-bond acceptors (Lipinski definition) is 5. The van der Waals surface area contributed by atoms with Crippen LogP contribution in [0.25, 0.3) is 0 Å². The molecule has 6 heteroatoms. The molecule has 5 nitrogen and oxygen atoms in total. The third-order valence-corrected chi connectivity index (χ3v) is 4.92. The number of anilines is 1. The number of ether oxygens (including phenoxy) is 1. The van der Waals surface area contributed by atoms with Crippen LogP contribution in [-0.4, -0.2) is 55.1 Å². The molecule has 1 saturated heterocycles. The maximum atomic E-state index is 12.1. The number of hydrogen-bond donors (Lipinski definition) is 2. The van der Waals surface area contributed by atoms with Gasteiger partial charge >= 0.3 is 0 Å². The average Bonchev–Trinajstić information content (AvgIpc) is 3.08. The van der Waals surface area contributed by atoms with Gasteiger partial charge < -0.3 is 15.8 Å². The predicted octanol–water partition coefficient (Wildman–Crippen LogP) is 2.49. The van der Waals surface area contributed by atoms with E-state index in [9.17, 15) is 4.79 Å². The van der Waals surface area contributed by atoms with E-state index >= 15 is 0 Å². The molecule has 0 aromatic heterocycles. The molecule has 1 aromatic carbocycles. The molecular weight excluding hydrogens is 322 g/mol. The van der Waals surface area contributed by atoms with Gasteiger partial charge in [0.05, 0.1) is 6.04 Å². The summed E-state index contributed by atoms with van der Waals surface area (Å²) in [4.78, 5) is 14.5. The van der Waals surface area contributed by atoms with Crippen molar-refractivity contribution in [2.75, 3.05) is 43.6 Å². The molecule has 0 spiro atoms. The maximum absolute atomic E-state index is 12.1. The molecule has 1 aliphatic heterocycles. The van der Waals surface area contributed by atoms with Crippen LogP contribution < -0.4 is 15.8 Å². The lowest BCUT2D eigenvalue weighted by molar-refractivity contribution is -0.117. The molecule has 24 heavy (non-hydrogen) atoms. The Morgan fingerprint density at radius 1 is 1.42 bits per heavy atom. The second-order valence-corrected chi connectivity index (χ2v) is 7.24. The lowest BCUT2D eigenvalue weighted by Crippen LogP contribution is -2.36. The van der Waals surface area contributed by atoms with E-state index < -0.39 is 6.04 Å². The zero-order valence-electron chi connectivity index (χ0n) is 14.7. The number of amides is 1. The fourth-order valence-corrected chi connectivity index (χ4v) is 3.28. The minimum atomic E-state index is -0.464. The highest BCUT2D eigenvalue weighted by molar-refractivity contribution is 7.98. The molecule has 1 heterocycles. The van der Waals surface area contributed by atoms with E-state index in [1.54, 1.807) is 11.8 Å². The Kier molecular flexibility index (Phi) is 7.88. The number of thioether (sulfide) groups is 1. The van der Waals surface area contributed by atoms with Gasteiger partial charge in [0.15, 0.2) is 0 Å². The van der Waals surface area contributed by atoms with E-state index in [0.717, 1.165) is 29.3 Å². The van der Waals surface area contributed by atoms with Gasteiger partial charge in [-0.3, -0.25) is 9.69 Å². The summed E-state index contributed by atoms with van der Waals surface area (Å²) >= 11 is 1.69. The van der Waals surface area contributed by atoms with Crippen LogP contribution in [0, 0.1) is 6.92 Å². The van der Waals surface area contributed by atoms with E-state index in [2.05, 4.69) is 10.2 Å². The van der Waals surface area contributed by atoms with Gasteiger partial charge in [-0.25, -0.2) is 0 Å². The highest BCUT2D eigenvalue weighted by Crippen LogP contribution is 2.22. The summed E-state index contributed by atoms with van der Waals surface area (Å²) in [5.41, 5.74) is 7.68.